The second-order valence-corrected chi connectivity index (χ2v) is 5.48. The maximum Gasteiger partial charge on any atom is 0.123 e. The molecule has 1 aliphatic rings. The molecule has 1 fully saturated rings. The van der Waals surface area contributed by atoms with Gasteiger partial charge >= 0.3 is 0 Å². The second-order valence-electron chi connectivity index (χ2n) is 5.48. The van der Waals surface area contributed by atoms with Gasteiger partial charge in [-0.1, -0.05) is 44.1 Å². The van der Waals surface area contributed by atoms with Crippen molar-refractivity contribution in [1.82, 2.24) is 0 Å². The van der Waals surface area contributed by atoms with Crippen LogP contribution >= 0.6 is 0 Å². The summed E-state index contributed by atoms with van der Waals surface area (Å²) in [4.78, 5) is 0. The van der Waals surface area contributed by atoms with E-state index in [1.54, 1.807) is 12.1 Å². The molecule has 1 aromatic rings. The van der Waals surface area contributed by atoms with Gasteiger partial charge in [0.15, 0.2) is 0 Å². The van der Waals surface area contributed by atoms with Gasteiger partial charge in [-0.05, 0) is 55.2 Å². The fourth-order valence-corrected chi connectivity index (χ4v) is 2.94. The zero-order chi connectivity index (χ0) is 12.8. The topological polar surface area (TPSA) is 0 Å². The standard InChI is InChI=1S/C17H23F/c1-2-4-14-7-9-15(10-8-14)11-12-16-5-3-6-17(18)13-16/h3,5-6,11-15H,2,4,7-10H2,1H3. The van der Waals surface area contributed by atoms with Crippen LogP contribution in [-0.4, -0.2) is 0 Å². The summed E-state index contributed by atoms with van der Waals surface area (Å²) < 4.78 is 13.0. The van der Waals surface area contributed by atoms with Gasteiger partial charge in [0.2, 0.25) is 0 Å². The summed E-state index contributed by atoms with van der Waals surface area (Å²) in [6.45, 7) is 2.27. The molecule has 0 aliphatic heterocycles. The number of hydrogen-bond donors (Lipinski definition) is 0. The minimum atomic E-state index is -0.149. The molecule has 0 aromatic heterocycles. The van der Waals surface area contributed by atoms with Crippen molar-refractivity contribution >= 4 is 6.08 Å². The van der Waals surface area contributed by atoms with Crippen molar-refractivity contribution in [2.75, 3.05) is 0 Å². The number of halogens is 1. The monoisotopic (exact) mass is 246 g/mol. The van der Waals surface area contributed by atoms with Crippen LogP contribution in [-0.2, 0) is 0 Å². The van der Waals surface area contributed by atoms with Crippen LogP contribution in [0.25, 0.3) is 6.08 Å². The first-order chi connectivity index (χ1) is 8.78. The quantitative estimate of drug-likeness (QED) is 0.663. The average Bonchev–Trinajstić information content (AvgIpc) is 2.38. The number of allylic oxidation sites excluding steroid dienone is 1. The summed E-state index contributed by atoms with van der Waals surface area (Å²) in [5, 5.41) is 0. The van der Waals surface area contributed by atoms with E-state index >= 15 is 0 Å². The smallest absolute Gasteiger partial charge is 0.123 e. The van der Waals surface area contributed by atoms with Crippen molar-refractivity contribution in [3.63, 3.8) is 0 Å². The van der Waals surface area contributed by atoms with Crippen LogP contribution in [0.2, 0.25) is 0 Å². The fraction of sp³-hybridized carbons (Fsp3) is 0.529. The van der Waals surface area contributed by atoms with Crippen molar-refractivity contribution in [3.8, 4) is 0 Å². The van der Waals surface area contributed by atoms with Crippen molar-refractivity contribution in [2.45, 2.75) is 45.4 Å². The van der Waals surface area contributed by atoms with Gasteiger partial charge in [0.25, 0.3) is 0 Å². The Kier molecular flexibility index (Phi) is 4.98. The van der Waals surface area contributed by atoms with E-state index in [1.807, 2.05) is 6.07 Å². The Balaban J connectivity index is 1.84. The highest BCUT2D eigenvalue weighted by atomic mass is 19.1. The molecular weight excluding hydrogens is 223 g/mol. The van der Waals surface area contributed by atoms with E-state index in [9.17, 15) is 4.39 Å². The van der Waals surface area contributed by atoms with E-state index in [1.165, 1.54) is 44.6 Å². The molecule has 0 nitrogen and oxygen atoms in total. The van der Waals surface area contributed by atoms with E-state index < -0.39 is 0 Å². The number of rotatable bonds is 4. The molecular formula is C17H23F. The largest absolute Gasteiger partial charge is 0.207 e. The number of hydrogen-bond acceptors (Lipinski definition) is 0. The first kappa shape index (κ1) is 13.3. The molecule has 0 radical (unpaired) electrons. The van der Waals surface area contributed by atoms with Crippen molar-refractivity contribution in [2.24, 2.45) is 11.8 Å². The van der Waals surface area contributed by atoms with Gasteiger partial charge in [0.05, 0.1) is 0 Å². The van der Waals surface area contributed by atoms with Crippen molar-refractivity contribution in [3.05, 3.63) is 41.7 Å². The predicted octanol–water partition coefficient (Wildman–Crippen LogP) is 5.45. The van der Waals surface area contributed by atoms with Gasteiger partial charge in [-0.15, -0.1) is 0 Å². The molecule has 0 unspecified atom stereocenters. The molecule has 18 heavy (non-hydrogen) atoms. The second kappa shape index (κ2) is 6.72. The van der Waals surface area contributed by atoms with Crippen molar-refractivity contribution < 1.29 is 4.39 Å². The summed E-state index contributed by atoms with van der Waals surface area (Å²) in [5.74, 6) is 1.50. The SMILES string of the molecule is CCCC1CCC(C=Cc2cccc(F)c2)CC1. The molecule has 0 spiro atoms. The summed E-state index contributed by atoms with van der Waals surface area (Å²) in [7, 11) is 0. The summed E-state index contributed by atoms with van der Waals surface area (Å²) in [6.07, 6.45) is 12.4. The van der Waals surface area contributed by atoms with Gasteiger partial charge in [-0.3, -0.25) is 0 Å². The zero-order valence-electron chi connectivity index (χ0n) is 11.2. The Bertz CT molecular complexity index is 386. The van der Waals surface area contributed by atoms with E-state index in [-0.39, 0.29) is 5.82 Å². The molecule has 1 aromatic carbocycles. The minimum absolute atomic E-state index is 0.149. The maximum atomic E-state index is 13.0. The summed E-state index contributed by atoms with van der Waals surface area (Å²) in [5.41, 5.74) is 0.977. The van der Waals surface area contributed by atoms with E-state index in [4.69, 9.17) is 0 Å². The molecule has 2 rings (SSSR count). The Morgan fingerprint density at radius 2 is 2.00 bits per heavy atom. The van der Waals surface area contributed by atoms with E-state index in [0.29, 0.717) is 5.92 Å². The Hall–Kier alpha value is -1.11. The highest BCUT2D eigenvalue weighted by molar-refractivity contribution is 5.49. The lowest BCUT2D eigenvalue weighted by Gasteiger charge is -2.26. The molecule has 0 bridgehead atoms. The van der Waals surface area contributed by atoms with Crippen molar-refractivity contribution in [1.29, 1.82) is 0 Å². The fourth-order valence-electron chi connectivity index (χ4n) is 2.94. The Morgan fingerprint density at radius 1 is 1.22 bits per heavy atom. The van der Waals surface area contributed by atoms with Gasteiger partial charge < -0.3 is 0 Å². The first-order valence-electron chi connectivity index (χ1n) is 7.21. The lowest BCUT2D eigenvalue weighted by molar-refractivity contribution is 0.295. The molecule has 0 amide bonds. The molecule has 1 aliphatic carbocycles. The highest BCUT2D eigenvalue weighted by Gasteiger charge is 2.18. The third kappa shape index (κ3) is 3.97. The van der Waals surface area contributed by atoms with Crippen LogP contribution in [0.5, 0.6) is 0 Å². The minimum Gasteiger partial charge on any atom is -0.207 e. The molecule has 0 N–H and O–H groups in total. The van der Waals surface area contributed by atoms with Gasteiger partial charge in [-0.2, -0.15) is 0 Å². The van der Waals surface area contributed by atoms with Crippen LogP contribution in [0.1, 0.15) is 51.0 Å². The Morgan fingerprint density at radius 3 is 2.67 bits per heavy atom. The van der Waals surface area contributed by atoms with Crippen LogP contribution in [0, 0.1) is 17.7 Å². The van der Waals surface area contributed by atoms with Crippen LogP contribution in [0.15, 0.2) is 30.3 Å². The van der Waals surface area contributed by atoms with Gasteiger partial charge in [0.1, 0.15) is 5.82 Å². The first-order valence-corrected chi connectivity index (χ1v) is 7.21. The Labute approximate surface area is 110 Å². The molecule has 98 valence electrons. The molecule has 0 heterocycles. The molecule has 1 heteroatoms. The van der Waals surface area contributed by atoms with Crippen LogP contribution < -0.4 is 0 Å². The molecule has 0 atom stereocenters. The summed E-state index contributed by atoms with van der Waals surface area (Å²) >= 11 is 0. The van der Waals surface area contributed by atoms with E-state index in [2.05, 4.69) is 19.1 Å². The average molecular weight is 246 g/mol. The normalized spacial score (nSPS) is 24.6. The molecule has 0 saturated heterocycles. The third-order valence-electron chi connectivity index (χ3n) is 4.00. The number of benzene rings is 1. The van der Waals surface area contributed by atoms with E-state index in [0.717, 1.165) is 11.5 Å². The maximum absolute atomic E-state index is 13.0. The van der Waals surface area contributed by atoms with Gasteiger partial charge in [0, 0.05) is 0 Å². The molecule has 1 saturated carbocycles. The van der Waals surface area contributed by atoms with Crippen LogP contribution in [0.3, 0.4) is 0 Å². The highest BCUT2D eigenvalue weighted by Crippen LogP contribution is 2.32. The predicted molar refractivity (Wildman–Crippen MR) is 75.8 cm³/mol. The lowest BCUT2D eigenvalue weighted by Crippen LogP contribution is -2.12. The zero-order valence-corrected chi connectivity index (χ0v) is 11.2. The van der Waals surface area contributed by atoms with Crippen LogP contribution in [0.4, 0.5) is 4.39 Å². The third-order valence-corrected chi connectivity index (χ3v) is 4.00. The van der Waals surface area contributed by atoms with Gasteiger partial charge in [-0.25, -0.2) is 4.39 Å². The lowest BCUT2D eigenvalue weighted by atomic mass is 9.80. The summed E-state index contributed by atoms with van der Waals surface area (Å²) in [6, 6.07) is 6.82.